The highest BCUT2D eigenvalue weighted by Crippen LogP contribution is 2.19. The summed E-state index contributed by atoms with van der Waals surface area (Å²) >= 11 is 5.95. The normalized spacial score (nSPS) is 10.8. The Bertz CT molecular complexity index is 785. The molecule has 0 spiro atoms. The summed E-state index contributed by atoms with van der Waals surface area (Å²) < 4.78 is 1.82. The van der Waals surface area contributed by atoms with Gasteiger partial charge in [-0.3, -0.25) is 14.5 Å². The van der Waals surface area contributed by atoms with Crippen molar-refractivity contribution in [2.75, 3.05) is 0 Å². The molecule has 0 radical (unpaired) electrons. The Morgan fingerprint density at radius 3 is 2.86 bits per heavy atom. The SMILES string of the molecule is O=C(CCn1ncc2cc(Cl)ccc21)NCc1ccncc1. The van der Waals surface area contributed by atoms with Crippen molar-refractivity contribution in [2.24, 2.45) is 0 Å². The first-order chi connectivity index (χ1) is 10.7. The molecule has 1 aromatic carbocycles. The molecule has 1 amide bonds. The predicted octanol–water partition coefficient (Wildman–Crippen LogP) is 2.79. The quantitative estimate of drug-likeness (QED) is 0.787. The molecular weight excluding hydrogens is 300 g/mol. The second kappa shape index (κ2) is 6.58. The van der Waals surface area contributed by atoms with E-state index < -0.39 is 0 Å². The fourth-order valence-corrected chi connectivity index (χ4v) is 2.41. The van der Waals surface area contributed by atoms with Gasteiger partial charge in [0.05, 0.1) is 18.3 Å². The number of aromatic nitrogens is 3. The second-order valence-corrected chi connectivity index (χ2v) is 5.39. The maximum absolute atomic E-state index is 11.9. The van der Waals surface area contributed by atoms with E-state index in [1.165, 1.54) is 0 Å². The minimum Gasteiger partial charge on any atom is -0.352 e. The maximum Gasteiger partial charge on any atom is 0.222 e. The van der Waals surface area contributed by atoms with Gasteiger partial charge in [0.25, 0.3) is 0 Å². The van der Waals surface area contributed by atoms with Gasteiger partial charge in [0, 0.05) is 35.8 Å². The number of nitrogens with one attached hydrogen (secondary N) is 1. The molecule has 0 aliphatic carbocycles. The van der Waals surface area contributed by atoms with Crippen molar-refractivity contribution in [1.29, 1.82) is 0 Å². The minimum atomic E-state index is -0.00516. The van der Waals surface area contributed by atoms with E-state index in [1.54, 1.807) is 18.6 Å². The molecule has 22 heavy (non-hydrogen) atoms. The lowest BCUT2D eigenvalue weighted by Crippen LogP contribution is -2.24. The number of carbonyl (C=O) groups excluding carboxylic acids is 1. The third-order valence-corrected chi connectivity index (χ3v) is 3.63. The Balaban J connectivity index is 1.56. The van der Waals surface area contributed by atoms with E-state index >= 15 is 0 Å². The summed E-state index contributed by atoms with van der Waals surface area (Å²) in [5, 5.41) is 8.85. The Labute approximate surface area is 132 Å². The van der Waals surface area contributed by atoms with Crippen LogP contribution in [-0.2, 0) is 17.9 Å². The van der Waals surface area contributed by atoms with Crippen LogP contribution in [0.15, 0.2) is 48.9 Å². The number of hydrogen-bond donors (Lipinski definition) is 1. The van der Waals surface area contributed by atoms with Gasteiger partial charge < -0.3 is 5.32 Å². The lowest BCUT2D eigenvalue weighted by Gasteiger charge is -2.06. The van der Waals surface area contributed by atoms with Gasteiger partial charge >= 0.3 is 0 Å². The average molecular weight is 315 g/mol. The number of halogens is 1. The van der Waals surface area contributed by atoms with Crippen molar-refractivity contribution in [3.8, 4) is 0 Å². The zero-order chi connectivity index (χ0) is 15.4. The summed E-state index contributed by atoms with van der Waals surface area (Å²) in [6.45, 7) is 1.05. The molecule has 2 heterocycles. The lowest BCUT2D eigenvalue weighted by atomic mass is 10.2. The Hall–Kier alpha value is -2.40. The summed E-state index contributed by atoms with van der Waals surface area (Å²) in [5.41, 5.74) is 2.01. The first kappa shape index (κ1) is 14.5. The number of benzene rings is 1. The third-order valence-electron chi connectivity index (χ3n) is 3.39. The molecular formula is C16H15ClN4O. The molecule has 0 fully saturated rings. The molecule has 0 atom stereocenters. The van der Waals surface area contributed by atoms with E-state index in [4.69, 9.17) is 11.6 Å². The molecule has 1 N–H and O–H groups in total. The molecule has 0 saturated heterocycles. The summed E-state index contributed by atoms with van der Waals surface area (Å²) in [5.74, 6) is -0.00516. The molecule has 0 saturated carbocycles. The summed E-state index contributed by atoms with van der Waals surface area (Å²) in [7, 11) is 0. The number of carbonyl (C=O) groups is 1. The van der Waals surface area contributed by atoms with Crippen LogP contribution in [-0.4, -0.2) is 20.7 Å². The van der Waals surface area contributed by atoms with Crippen LogP contribution >= 0.6 is 11.6 Å². The molecule has 0 unspecified atom stereocenters. The molecule has 2 aromatic heterocycles. The third kappa shape index (κ3) is 3.43. The number of amides is 1. The highest BCUT2D eigenvalue weighted by Gasteiger charge is 2.06. The highest BCUT2D eigenvalue weighted by atomic mass is 35.5. The van der Waals surface area contributed by atoms with Gasteiger partial charge in [0.15, 0.2) is 0 Å². The zero-order valence-electron chi connectivity index (χ0n) is 11.9. The number of aryl methyl sites for hydroxylation is 1. The Morgan fingerprint density at radius 1 is 1.23 bits per heavy atom. The van der Waals surface area contributed by atoms with E-state index in [-0.39, 0.29) is 5.91 Å². The Kier molecular flexibility index (Phi) is 4.34. The van der Waals surface area contributed by atoms with Gasteiger partial charge in [-0.15, -0.1) is 0 Å². The summed E-state index contributed by atoms with van der Waals surface area (Å²) in [6.07, 6.45) is 5.56. The van der Waals surface area contributed by atoms with Gasteiger partial charge in [-0.1, -0.05) is 11.6 Å². The smallest absolute Gasteiger partial charge is 0.222 e. The van der Waals surface area contributed by atoms with Crippen LogP contribution in [0.3, 0.4) is 0 Å². The van der Waals surface area contributed by atoms with Gasteiger partial charge in [-0.2, -0.15) is 5.10 Å². The topological polar surface area (TPSA) is 59.8 Å². The van der Waals surface area contributed by atoms with Crippen LogP contribution in [0.5, 0.6) is 0 Å². The molecule has 0 aliphatic rings. The first-order valence-electron chi connectivity index (χ1n) is 6.99. The fourth-order valence-electron chi connectivity index (χ4n) is 2.23. The zero-order valence-corrected chi connectivity index (χ0v) is 12.6. The van der Waals surface area contributed by atoms with Crippen LogP contribution in [0.1, 0.15) is 12.0 Å². The van der Waals surface area contributed by atoms with Gasteiger partial charge in [-0.25, -0.2) is 0 Å². The van der Waals surface area contributed by atoms with Crippen molar-refractivity contribution in [3.63, 3.8) is 0 Å². The molecule has 3 aromatic rings. The Morgan fingerprint density at radius 2 is 2.05 bits per heavy atom. The minimum absolute atomic E-state index is 0.00516. The molecule has 6 heteroatoms. The summed E-state index contributed by atoms with van der Waals surface area (Å²) in [4.78, 5) is 15.9. The van der Waals surface area contributed by atoms with Crippen LogP contribution < -0.4 is 5.32 Å². The molecule has 5 nitrogen and oxygen atoms in total. The van der Waals surface area contributed by atoms with Crippen molar-refractivity contribution < 1.29 is 4.79 Å². The van der Waals surface area contributed by atoms with Crippen molar-refractivity contribution in [2.45, 2.75) is 19.5 Å². The van der Waals surface area contributed by atoms with Gasteiger partial charge in [-0.05, 0) is 35.9 Å². The number of hydrogen-bond acceptors (Lipinski definition) is 3. The number of fused-ring (bicyclic) bond motifs is 1. The van der Waals surface area contributed by atoms with Crippen molar-refractivity contribution in [3.05, 3.63) is 59.5 Å². The highest BCUT2D eigenvalue weighted by molar-refractivity contribution is 6.31. The fraction of sp³-hybridized carbons (Fsp3) is 0.188. The van der Waals surface area contributed by atoms with Crippen LogP contribution in [0.2, 0.25) is 5.02 Å². The van der Waals surface area contributed by atoms with E-state index in [9.17, 15) is 4.79 Å². The van der Waals surface area contributed by atoms with Crippen LogP contribution in [0.4, 0.5) is 0 Å². The largest absolute Gasteiger partial charge is 0.352 e. The molecule has 3 rings (SSSR count). The molecule has 112 valence electrons. The van der Waals surface area contributed by atoms with Crippen molar-refractivity contribution in [1.82, 2.24) is 20.1 Å². The number of rotatable bonds is 5. The van der Waals surface area contributed by atoms with Gasteiger partial charge in [0.2, 0.25) is 5.91 Å². The van der Waals surface area contributed by atoms with E-state index in [2.05, 4.69) is 15.4 Å². The van der Waals surface area contributed by atoms with E-state index in [0.717, 1.165) is 16.5 Å². The predicted molar refractivity (Wildman–Crippen MR) is 85.4 cm³/mol. The van der Waals surface area contributed by atoms with E-state index in [1.807, 2.05) is 35.0 Å². The maximum atomic E-state index is 11.9. The van der Waals surface area contributed by atoms with Crippen LogP contribution in [0, 0.1) is 0 Å². The second-order valence-electron chi connectivity index (χ2n) is 4.95. The standard InChI is InChI=1S/C16H15ClN4O/c17-14-1-2-15-13(9-14)11-20-21(15)8-5-16(22)19-10-12-3-6-18-7-4-12/h1-4,6-7,9,11H,5,8,10H2,(H,19,22). The average Bonchev–Trinajstić information content (AvgIpc) is 2.94. The lowest BCUT2D eigenvalue weighted by molar-refractivity contribution is -0.121. The molecule has 0 bridgehead atoms. The number of pyridine rings is 1. The van der Waals surface area contributed by atoms with Gasteiger partial charge in [0.1, 0.15) is 0 Å². The monoisotopic (exact) mass is 314 g/mol. The summed E-state index contributed by atoms with van der Waals surface area (Å²) in [6, 6.07) is 9.37. The number of nitrogens with zero attached hydrogens (tertiary/aromatic N) is 3. The van der Waals surface area contributed by atoms with Crippen LogP contribution in [0.25, 0.3) is 10.9 Å². The van der Waals surface area contributed by atoms with Crippen molar-refractivity contribution >= 4 is 28.4 Å². The molecule has 0 aliphatic heterocycles. The van der Waals surface area contributed by atoms with E-state index in [0.29, 0.717) is 24.5 Å². The first-order valence-corrected chi connectivity index (χ1v) is 7.37.